The van der Waals surface area contributed by atoms with Crippen molar-refractivity contribution < 1.29 is 22.8 Å². The Labute approximate surface area is 284 Å². The zero-order valence-electron chi connectivity index (χ0n) is 27.9. The first-order valence-electron chi connectivity index (χ1n) is 17.0. The number of nitrogens with zero attached hydrogens (tertiary/aromatic N) is 1. The van der Waals surface area contributed by atoms with Gasteiger partial charge in [0.15, 0.2) is 0 Å². The van der Waals surface area contributed by atoms with Gasteiger partial charge in [0.05, 0.1) is 5.75 Å². The molecule has 262 valence electrons. The molecule has 2 fully saturated rings. The fourth-order valence-corrected chi connectivity index (χ4v) is 7.84. The standard InChI is InChI=1S/C35H51N7O5S/c1-25(43)42-21-17-27(18-22-42)10-14-32(41-48(46,47)24-29-5-3-2-4-6-29)35(45)40-31(13-9-26-15-19-38-20-16-26)34(44)39-23-28-7-11-30(12-8-28)33(36)37/h2-8,11-12,26-27,31-32,38,41H,9-10,13-24H2,1H3,(H3,36,37)(H,39,44)(H,40,45)/t31-,32+/m0/s1. The second kappa shape index (κ2) is 18.1. The minimum absolute atomic E-state index is 0.0401. The number of nitrogens with two attached hydrogens (primary N) is 1. The van der Waals surface area contributed by atoms with Crippen molar-refractivity contribution in [2.24, 2.45) is 17.6 Å². The summed E-state index contributed by atoms with van der Waals surface area (Å²) < 4.78 is 29.3. The largest absolute Gasteiger partial charge is 0.384 e. The van der Waals surface area contributed by atoms with Crippen LogP contribution in [0.15, 0.2) is 54.6 Å². The number of piperidine rings is 2. The number of benzene rings is 2. The van der Waals surface area contributed by atoms with E-state index in [0.29, 0.717) is 43.0 Å². The Kier molecular flexibility index (Phi) is 14.0. The molecule has 0 saturated carbocycles. The van der Waals surface area contributed by atoms with Crippen LogP contribution in [0.1, 0.15) is 75.0 Å². The first-order valence-corrected chi connectivity index (χ1v) is 18.7. The van der Waals surface area contributed by atoms with Crippen molar-refractivity contribution in [1.82, 2.24) is 25.6 Å². The second-order valence-electron chi connectivity index (χ2n) is 13.1. The smallest absolute Gasteiger partial charge is 0.242 e. The highest BCUT2D eigenvalue weighted by Gasteiger charge is 2.31. The normalized spacial score (nSPS) is 17.3. The van der Waals surface area contributed by atoms with Gasteiger partial charge in [-0.05, 0) is 87.4 Å². The minimum Gasteiger partial charge on any atom is -0.384 e. The molecule has 2 saturated heterocycles. The lowest BCUT2D eigenvalue weighted by atomic mass is 9.90. The molecule has 13 heteroatoms. The fraction of sp³-hybridized carbons (Fsp3) is 0.543. The van der Waals surface area contributed by atoms with Gasteiger partial charge in [0.1, 0.15) is 17.9 Å². The Morgan fingerprint density at radius 1 is 0.875 bits per heavy atom. The van der Waals surface area contributed by atoms with E-state index in [4.69, 9.17) is 11.1 Å². The van der Waals surface area contributed by atoms with Gasteiger partial charge in [-0.25, -0.2) is 13.1 Å². The van der Waals surface area contributed by atoms with E-state index < -0.39 is 28.0 Å². The molecule has 7 N–H and O–H groups in total. The fourth-order valence-electron chi connectivity index (χ4n) is 6.46. The SMILES string of the molecule is CC(=O)N1CCC(CC[C@@H](NS(=O)(=O)Cc2ccccc2)C(=O)N[C@@H](CCC2CCNCC2)C(=O)NCc2ccc(C(=N)N)cc2)CC1. The molecule has 0 bridgehead atoms. The summed E-state index contributed by atoms with van der Waals surface area (Å²) in [6, 6.07) is 13.9. The lowest BCUT2D eigenvalue weighted by molar-refractivity contribution is -0.130. The Morgan fingerprint density at radius 3 is 2.08 bits per heavy atom. The van der Waals surface area contributed by atoms with Gasteiger partial charge < -0.3 is 26.6 Å². The van der Waals surface area contributed by atoms with E-state index in [1.807, 2.05) is 11.0 Å². The topological polar surface area (TPSA) is 187 Å². The lowest BCUT2D eigenvalue weighted by Gasteiger charge is -2.32. The number of sulfonamides is 1. The average molecular weight is 682 g/mol. The van der Waals surface area contributed by atoms with E-state index in [9.17, 15) is 22.8 Å². The number of carbonyl (C=O) groups excluding carboxylic acids is 3. The van der Waals surface area contributed by atoms with Gasteiger partial charge in [0.2, 0.25) is 27.7 Å². The van der Waals surface area contributed by atoms with E-state index in [1.165, 1.54) is 0 Å². The summed E-state index contributed by atoms with van der Waals surface area (Å²) in [4.78, 5) is 41.1. The van der Waals surface area contributed by atoms with Gasteiger partial charge in [-0.15, -0.1) is 0 Å². The first kappa shape index (κ1) is 37.0. The molecular weight excluding hydrogens is 630 g/mol. The Hall–Kier alpha value is -3.81. The average Bonchev–Trinajstić information content (AvgIpc) is 3.08. The molecule has 12 nitrogen and oxygen atoms in total. The number of likely N-dealkylation sites (tertiary alicyclic amines) is 1. The van der Waals surface area contributed by atoms with Crippen molar-refractivity contribution in [3.05, 3.63) is 71.3 Å². The third-order valence-electron chi connectivity index (χ3n) is 9.45. The Balaban J connectivity index is 1.46. The van der Waals surface area contributed by atoms with Crippen LogP contribution in [0.2, 0.25) is 0 Å². The van der Waals surface area contributed by atoms with E-state index in [-0.39, 0.29) is 42.3 Å². The molecule has 0 radical (unpaired) electrons. The predicted octanol–water partition coefficient (Wildman–Crippen LogP) is 2.38. The lowest BCUT2D eigenvalue weighted by Crippen LogP contribution is -2.54. The van der Waals surface area contributed by atoms with Crippen LogP contribution in [0.25, 0.3) is 0 Å². The third kappa shape index (κ3) is 12.0. The van der Waals surface area contributed by atoms with E-state index in [1.54, 1.807) is 55.5 Å². The number of hydrogen-bond donors (Lipinski definition) is 6. The van der Waals surface area contributed by atoms with Crippen molar-refractivity contribution in [1.29, 1.82) is 5.41 Å². The molecule has 0 spiro atoms. The minimum atomic E-state index is -3.89. The number of hydrogen-bond acceptors (Lipinski definition) is 7. The van der Waals surface area contributed by atoms with Crippen molar-refractivity contribution in [2.45, 2.75) is 82.7 Å². The number of amidine groups is 1. The van der Waals surface area contributed by atoms with Crippen LogP contribution in [-0.2, 0) is 36.7 Å². The highest BCUT2D eigenvalue weighted by Crippen LogP contribution is 2.24. The van der Waals surface area contributed by atoms with Crippen LogP contribution in [0.4, 0.5) is 0 Å². The molecule has 2 aromatic rings. The Morgan fingerprint density at radius 2 is 1.48 bits per heavy atom. The quantitative estimate of drug-likeness (QED) is 0.116. The highest BCUT2D eigenvalue weighted by molar-refractivity contribution is 7.88. The zero-order chi connectivity index (χ0) is 34.5. The molecule has 2 aliphatic heterocycles. The maximum absolute atomic E-state index is 13.9. The summed E-state index contributed by atoms with van der Waals surface area (Å²) in [7, 11) is -3.89. The van der Waals surface area contributed by atoms with Crippen molar-refractivity contribution in [3.8, 4) is 0 Å². The highest BCUT2D eigenvalue weighted by atomic mass is 32.2. The second-order valence-corrected chi connectivity index (χ2v) is 14.9. The maximum Gasteiger partial charge on any atom is 0.242 e. The van der Waals surface area contributed by atoms with Crippen molar-refractivity contribution >= 4 is 33.6 Å². The van der Waals surface area contributed by atoms with E-state index in [2.05, 4.69) is 20.7 Å². The molecule has 0 aromatic heterocycles. The van der Waals surface area contributed by atoms with Gasteiger partial charge in [-0.2, -0.15) is 0 Å². The molecule has 0 aliphatic carbocycles. The van der Waals surface area contributed by atoms with Crippen LogP contribution >= 0.6 is 0 Å². The molecule has 2 atom stereocenters. The summed E-state index contributed by atoms with van der Waals surface area (Å²) in [5.41, 5.74) is 7.57. The van der Waals surface area contributed by atoms with Gasteiger partial charge in [-0.1, -0.05) is 54.6 Å². The molecule has 4 rings (SSSR count). The Bertz CT molecular complexity index is 1470. The van der Waals surface area contributed by atoms with Crippen LogP contribution < -0.4 is 26.4 Å². The van der Waals surface area contributed by atoms with Crippen LogP contribution in [0, 0.1) is 17.2 Å². The number of rotatable bonds is 16. The number of carbonyl (C=O) groups is 3. The molecule has 48 heavy (non-hydrogen) atoms. The van der Waals surface area contributed by atoms with Gasteiger partial charge in [-0.3, -0.25) is 19.8 Å². The number of nitrogen functional groups attached to an aromatic ring is 1. The molecule has 0 unspecified atom stereocenters. The molecule has 3 amide bonds. The first-order chi connectivity index (χ1) is 23.0. The van der Waals surface area contributed by atoms with Gasteiger partial charge in [0.25, 0.3) is 0 Å². The molecule has 2 heterocycles. The summed E-state index contributed by atoms with van der Waals surface area (Å²) in [5, 5.41) is 16.8. The van der Waals surface area contributed by atoms with Crippen LogP contribution in [0.5, 0.6) is 0 Å². The summed E-state index contributed by atoms with van der Waals surface area (Å²) >= 11 is 0. The van der Waals surface area contributed by atoms with Gasteiger partial charge >= 0.3 is 0 Å². The van der Waals surface area contributed by atoms with E-state index >= 15 is 0 Å². The molecular formula is C35H51N7O5S. The third-order valence-corrected chi connectivity index (χ3v) is 10.8. The van der Waals surface area contributed by atoms with Crippen LogP contribution in [-0.4, -0.2) is 75.1 Å². The molecule has 2 aromatic carbocycles. The predicted molar refractivity (Wildman–Crippen MR) is 186 cm³/mol. The maximum atomic E-state index is 13.9. The van der Waals surface area contributed by atoms with Crippen molar-refractivity contribution in [3.63, 3.8) is 0 Å². The van der Waals surface area contributed by atoms with E-state index in [0.717, 1.165) is 50.8 Å². The number of nitrogens with one attached hydrogen (secondary N) is 5. The monoisotopic (exact) mass is 681 g/mol. The number of amides is 3. The summed E-state index contributed by atoms with van der Waals surface area (Å²) in [6.07, 6.45) is 5.64. The molecule has 2 aliphatic rings. The summed E-state index contributed by atoms with van der Waals surface area (Å²) in [5.74, 6) is -0.444. The zero-order valence-corrected chi connectivity index (χ0v) is 28.7. The van der Waals surface area contributed by atoms with Crippen LogP contribution in [0.3, 0.4) is 0 Å². The summed E-state index contributed by atoms with van der Waals surface area (Å²) in [6.45, 7) is 4.91. The van der Waals surface area contributed by atoms with Gasteiger partial charge in [0, 0.05) is 32.1 Å². The van der Waals surface area contributed by atoms with Crippen molar-refractivity contribution in [2.75, 3.05) is 26.2 Å².